The van der Waals surface area contributed by atoms with Crippen molar-refractivity contribution in [2.24, 2.45) is 0 Å². The lowest BCUT2D eigenvalue weighted by Gasteiger charge is -2.09. The summed E-state index contributed by atoms with van der Waals surface area (Å²) in [7, 11) is -3.87. The first-order valence-corrected chi connectivity index (χ1v) is 10.9. The van der Waals surface area contributed by atoms with Crippen molar-refractivity contribution in [2.45, 2.75) is 18.4 Å². The predicted molar refractivity (Wildman–Crippen MR) is 118 cm³/mol. The Bertz CT molecular complexity index is 1410. The Hall–Kier alpha value is -3.85. The standard InChI is InChI=1S/C22H19N3O5S/c1-15(26)23-17-7-10-19(11-8-17)31(28,29)24-18-9-12-20-21(13-18)30-22(27)25(20)14-16-5-3-2-4-6-16/h2-13,24H,14H2,1H3,(H,23,26). The summed E-state index contributed by atoms with van der Waals surface area (Å²) >= 11 is 0. The third-order valence-electron chi connectivity index (χ3n) is 4.59. The minimum Gasteiger partial charge on any atom is -0.408 e. The van der Waals surface area contributed by atoms with E-state index in [0.717, 1.165) is 5.56 Å². The predicted octanol–water partition coefficient (Wildman–Crippen LogP) is 3.40. The van der Waals surface area contributed by atoms with E-state index < -0.39 is 15.8 Å². The van der Waals surface area contributed by atoms with Crippen LogP contribution in [0.2, 0.25) is 0 Å². The molecule has 0 aliphatic rings. The molecule has 1 amide bonds. The molecule has 0 radical (unpaired) electrons. The molecule has 0 unspecified atom stereocenters. The zero-order valence-electron chi connectivity index (χ0n) is 16.5. The highest BCUT2D eigenvalue weighted by Crippen LogP contribution is 2.23. The van der Waals surface area contributed by atoms with Gasteiger partial charge in [-0.05, 0) is 42.0 Å². The topological polar surface area (TPSA) is 110 Å². The average molecular weight is 437 g/mol. The summed E-state index contributed by atoms with van der Waals surface area (Å²) in [6.45, 7) is 1.71. The van der Waals surface area contributed by atoms with Crippen molar-refractivity contribution in [1.82, 2.24) is 4.57 Å². The molecule has 0 spiro atoms. The lowest BCUT2D eigenvalue weighted by atomic mass is 10.2. The molecule has 31 heavy (non-hydrogen) atoms. The largest absolute Gasteiger partial charge is 0.420 e. The number of carbonyl (C=O) groups excluding carboxylic acids is 1. The molecule has 0 aliphatic heterocycles. The van der Waals surface area contributed by atoms with Gasteiger partial charge in [-0.15, -0.1) is 0 Å². The minimum absolute atomic E-state index is 0.0322. The summed E-state index contributed by atoms with van der Waals surface area (Å²) in [5.41, 5.74) is 2.55. The Morgan fingerprint density at radius 3 is 2.32 bits per heavy atom. The van der Waals surface area contributed by atoms with Crippen LogP contribution in [0, 0.1) is 0 Å². The number of fused-ring (bicyclic) bond motifs is 1. The van der Waals surface area contributed by atoms with Crippen LogP contribution in [0.1, 0.15) is 12.5 Å². The molecule has 0 atom stereocenters. The number of oxazole rings is 1. The van der Waals surface area contributed by atoms with E-state index in [1.807, 2.05) is 30.3 Å². The number of amides is 1. The van der Waals surface area contributed by atoms with Gasteiger partial charge in [-0.1, -0.05) is 30.3 Å². The molecule has 1 aromatic heterocycles. The molecular formula is C22H19N3O5S. The summed E-state index contributed by atoms with van der Waals surface area (Å²) in [6, 6.07) is 20.0. The smallest absolute Gasteiger partial charge is 0.408 e. The fourth-order valence-corrected chi connectivity index (χ4v) is 4.23. The maximum absolute atomic E-state index is 12.7. The van der Waals surface area contributed by atoms with E-state index in [0.29, 0.717) is 17.7 Å². The van der Waals surface area contributed by atoms with Crippen LogP contribution in [0.5, 0.6) is 0 Å². The van der Waals surface area contributed by atoms with Crippen molar-refractivity contribution >= 4 is 38.4 Å². The molecule has 1 heterocycles. The van der Waals surface area contributed by atoms with E-state index in [1.165, 1.54) is 41.8 Å². The highest BCUT2D eigenvalue weighted by molar-refractivity contribution is 7.92. The quantitative estimate of drug-likeness (QED) is 0.480. The van der Waals surface area contributed by atoms with Crippen molar-refractivity contribution in [3.05, 3.63) is 88.9 Å². The number of hydrogen-bond acceptors (Lipinski definition) is 5. The highest BCUT2D eigenvalue weighted by Gasteiger charge is 2.16. The van der Waals surface area contributed by atoms with Gasteiger partial charge in [-0.2, -0.15) is 0 Å². The van der Waals surface area contributed by atoms with Gasteiger partial charge in [0, 0.05) is 18.7 Å². The Morgan fingerprint density at radius 2 is 1.65 bits per heavy atom. The van der Waals surface area contributed by atoms with E-state index in [-0.39, 0.29) is 22.1 Å². The molecule has 8 nitrogen and oxygen atoms in total. The average Bonchev–Trinajstić information content (AvgIpc) is 3.03. The van der Waals surface area contributed by atoms with Gasteiger partial charge in [-0.3, -0.25) is 14.1 Å². The monoisotopic (exact) mass is 437 g/mol. The van der Waals surface area contributed by atoms with Crippen molar-refractivity contribution < 1.29 is 17.6 Å². The van der Waals surface area contributed by atoms with E-state index >= 15 is 0 Å². The van der Waals surface area contributed by atoms with Gasteiger partial charge < -0.3 is 9.73 Å². The normalized spacial score (nSPS) is 11.4. The second-order valence-corrected chi connectivity index (χ2v) is 8.62. The van der Waals surface area contributed by atoms with Gasteiger partial charge in [0.15, 0.2) is 5.58 Å². The van der Waals surface area contributed by atoms with Crippen LogP contribution >= 0.6 is 0 Å². The molecule has 0 saturated heterocycles. The third-order valence-corrected chi connectivity index (χ3v) is 5.99. The number of rotatable bonds is 6. The molecule has 158 valence electrons. The fourth-order valence-electron chi connectivity index (χ4n) is 3.18. The van der Waals surface area contributed by atoms with Crippen LogP contribution in [-0.2, 0) is 21.4 Å². The second-order valence-electron chi connectivity index (χ2n) is 6.93. The van der Waals surface area contributed by atoms with Gasteiger partial charge in [0.25, 0.3) is 10.0 Å². The number of sulfonamides is 1. The van der Waals surface area contributed by atoms with Crippen LogP contribution in [0.25, 0.3) is 11.1 Å². The number of aromatic nitrogens is 1. The summed E-state index contributed by atoms with van der Waals surface area (Å²) in [4.78, 5) is 23.4. The Kier molecular flexibility index (Phi) is 5.35. The third kappa shape index (κ3) is 4.51. The number of hydrogen-bond donors (Lipinski definition) is 2. The van der Waals surface area contributed by atoms with Crippen LogP contribution in [0.4, 0.5) is 11.4 Å². The zero-order valence-corrected chi connectivity index (χ0v) is 17.3. The fraction of sp³-hybridized carbons (Fsp3) is 0.0909. The number of benzene rings is 3. The van der Waals surface area contributed by atoms with Gasteiger partial charge in [0.2, 0.25) is 5.91 Å². The van der Waals surface area contributed by atoms with Crippen molar-refractivity contribution in [1.29, 1.82) is 0 Å². The first-order valence-electron chi connectivity index (χ1n) is 9.40. The number of anilines is 2. The van der Waals surface area contributed by atoms with E-state index in [9.17, 15) is 18.0 Å². The van der Waals surface area contributed by atoms with E-state index in [1.54, 1.807) is 12.1 Å². The van der Waals surface area contributed by atoms with Crippen molar-refractivity contribution in [2.75, 3.05) is 10.0 Å². The summed E-state index contributed by atoms with van der Waals surface area (Å²) < 4.78 is 34.7. The Labute approximate surface area is 178 Å². The second kappa shape index (κ2) is 8.11. The first kappa shape index (κ1) is 20.4. The molecule has 4 aromatic rings. The minimum atomic E-state index is -3.87. The molecular weight excluding hydrogens is 418 g/mol. The van der Waals surface area contributed by atoms with Gasteiger partial charge in [0.1, 0.15) is 0 Å². The maximum Gasteiger partial charge on any atom is 0.420 e. The molecule has 0 aliphatic carbocycles. The van der Waals surface area contributed by atoms with Crippen molar-refractivity contribution in [3.63, 3.8) is 0 Å². The SMILES string of the molecule is CC(=O)Nc1ccc(S(=O)(=O)Nc2ccc3c(c2)oc(=O)n3Cc2ccccc2)cc1. The van der Waals surface area contributed by atoms with Crippen LogP contribution in [-0.4, -0.2) is 18.9 Å². The molecule has 3 aromatic carbocycles. The van der Waals surface area contributed by atoms with Gasteiger partial charge >= 0.3 is 5.76 Å². The van der Waals surface area contributed by atoms with Crippen LogP contribution < -0.4 is 15.8 Å². The molecule has 0 bridgehead atoms. The van der Waals surface area contributed by atoms with Crippen LogP contribution in [0.15, 0.2) is 86.9 Å². The maximum atomic E-state index is 12.7. The summed E-state index contributed by atoms with van der Waals surface area (Å²) in [5.74, 6) is -0.768. The van der Waals surface area contributed by atoms with E-state index in [2.05, 4.69) is 10.0 Å². The van der Waals surface area contributed by atoms with E-state index in [4.69, 9.17) is 4.42 Å². The van der Waals surface area contributed by atoms with Gasteiger partial charge in [-0.25, -0.2) is 13.2 Å². The Morgan fingerprint density at radius 1 is 0.968 bits per heavy atom. The summed E-state index contributed by atoms with van der Waals surface area (Å²) in [5, 5.41) is 2.58. The van der Waals surface area contributed by atoms with Crippen molar-refractivity contribution in [3.8, 4) is 0 Å². The molecule has 2 N–H and O–H groups in total. The number of nitrogens with zero attached hydrogens (tertiary/aromatic N) is 1. The lowest BCUT2D eigenvalue weighted by Crippen LogP contribution is -2.14. The Balaban J connectivity index is 1.59. The van der Waals surface area contributed by atoms with Crippen LogP contribution in [0.3, 0.4) is 0 Å². The molecule has 4 rings (SSSR count). The highest BCUT2D eigenvalue weighted by atomic mass is 32.2. The number of carbonyl (C=O) groups is 1. The summed E-state index contributed by atoms with van der Waals surface area (Å²) in [6.07, 6.45) is 0. The lowest BCUT2D eigenvalue weighted by molar-refractivity contribution is -0.114. The molecule has 0 saturated carbocycles. The van der Waals surface area contributed by atoms with Gasteiger partial charge in [0.05, 0.1) is 22.6 Å². The molecule has 9 heteroatoms. The molecule has 0 fully saturated rings. The zero-order chi connectivity index (χ0) is 22.0. The first-order chi connectivity index (χ1) is 14.8. The number of nitrogens with one attached hydrogen (secondary N) is 2.